The number of carbonyl (C=O) groups excluding carboxylic acids is 2. The van der Waals surface area contributed by atoms with Gasteiger partial charge in [0.25, 0.3) is 5.91 Å². The number of nitrogens with zero attached hydrogens (tertiary/aromatic N) is 1. The van der Waals surface area contributed by atoms with Gasteiger partial charge >= 0.3 is 5.97 Å². The van der Waals surface area contributed by atoms with Gasteiger partial charge in [0.1, 0.15) is 5.75 Å². The van der Waals surface area contributed by atoms with Crippen molar-refractivity contribution in [2.75, 3.05) is 13.7 Å². The molecule has 0 fully saturated rings. The Hall–Kier alpha value is -4.07. The van der Waals surface area contributed by atoms with E-state index in [9.17, 15) is 9.59 Å². The van der Waals surface area contributed by atoms with E-state index in [2.05, 4.69) is 10.5 Å². The first-order chi connectivity index (χ1) is 17.4. The molecule has 0 saturated heterocycles. The molecule has 36 heavy (non-hydrogen) atoms. The highest BCUT2D eigenvalue weighted by atomic mass is 35.5. The Kier molecular flexibility index (Phi) is 8.05. The SMILES string of the molecule is COc1cc(/C=N/NC(=O)COc2ccc3ccccc3c2)ccc1OC(=O)c1ccc(Cl)c(Cl)c1. The van der Waals surface area contributed by atoms with Crippen molar-refractivity contribution in [3.05, 3.63) is 100 Å². The molecule has 1 N–H and O–H groups in total. The second-order valence-electron chi connectivity index (χ2n) is 7.52. The zero-order valence-corrected chi connectivity index (χ0v) is 20.5. The number of fused-ring (bicyclic) bond motifs is 1. The molecule has 7 nitrogen and oxygen atoms in total. The Morgan fingerprint density at radius 1 is 0.889 bits per heavy atom. The standard InChI is InChI=1S/C27H20Cl2N2O5/c1-34-25-12-17(6-11-24(25)36-27(33)20-8-10-22(28)23(29)14-20)15-30-31-26(32)16-35-21-9-7-18-4-2-3-5-19(18)13-21/h2-15H,16H2,1H3,(H,31,32)/b30-15+. The monoisotopic (exact) mass is 522 g/mol. The van der Waals surface area contributed by atoms with E-state index in [4.69, 9.17) is 37.4 Å². The molecule has 0 radical (unpaired) electrons. The maximum Gasteiger partial charge on any atom is 0.343 e. The topological polar surface area (TPSA) is 86.2 Å². The van der Waals surface area contributed by atoms with E-state index in [1.54, 1.807) is 24.3 Å². The number of hydrogen-bond donors (Lipinski definition) is 1. The van der Waals surface area contributed by atoms with Crippen LogP contribution in [0.5, 0.6) is 17.2 Å². The number of esters is 1. The number of rotatable bonds is 8. The van der Waals surface area contributed by atoms with Crippen molar-refractivity contribution >= 4 is 52.1 Å². The summed E-state index contributed by atoms with van der Waals surface area (Å²) in [7, 11) is 1.44. The van der Waals surface area contributed by atoms with E-state index < -0.39 is 11.9 Å². The Bertz CT molecular complexity index is 1460. The lowest BCUT2D eigenvalue weighted by molar-refractivity contribution is -0.123. The lowest BCUT2D eigenvalue weighted by Crippen LogP contribution is -2.24. The van der Waals surface area contributed by atoms with Crippen LogP contribution in [0.3, 0.4) is 0 Å². The van der Waals surface area contributed by atoms with E-state index >= 15 is 0 Å². The number of ether oxygens (including phenoxy) is 3. The molecule has 0 unspecified atom stereocenters. The second kappa shape index (κ2) is 11.6. The fourth-order valence-electron chi connectivity index (χ4n) is 3.25. The minimum Gasteiger partial charge on any atom is -0.493 e. The van der Waals surface area contributed by atoms with Gasteiger partial charge in [-0.15, -0.1) is 0 Å². The first kappa shape index (κ1) is 25.0. The largest absolute Gasteiger partial charge is 0.493 e. The van der Waals surface area contributed by atoms with Crippen molar-refractivity contribution in [2.24, 2.45) is 5.10 Å². The summed E-state index contributed by atoms with van der Waals surface area (Å²) in [5.74, 6) is 0.0611. The van der Waals surface area contributed by atoms with E-state index in [1.165, 1.54) is 31.5 Å². The van der Waals surface area contributed by atoms with Crippen molar-refractivity contribution in [1.82, 2.24) is 5.43 Å². The van der Waals surface area contributed by atoms with Crippen LogP contribution in [-0.4, -0.2) is 31.8 Å². The van der Waals surface area contributed by atoms with Crippen molar-refractivity contribution in [3.8, 4) is 17.2 Å². The lowest BCUT2D eigenvalue weighted by Gasteiger charge is -2.10. The fraction of sp³-hybridized carbons (Fsp3) is 0.0741. The van der Waals surface area contributed by atoms with Crippen LogP contribution in [0.25, 0.3) is 10.8 Å². The molecule has 4 aromatic carbocycles. The molecule has 0 spiro atoms. The molecule has 0 saturated carbocycles. The zero-order valence-electron chi connectivity index (χ0n) is 19.0. The third-order valence-electron chi connectivity index (χ3n) is 5.04. The average molecular weight is 523 g/mol. The summed E-state index contributed by atoms with van der Waals surface area (Å²) >= 11 is 11.9. The molecule has 0 heterocycles. The number of carbonyl (C=O) groups is 2. The average Bonchev–Trinajstić information content (AvgIpc) is 2.89. The number of nitrogens with one attached hydrogen (secondary N) is 1. The van der Waals surface area contributed by atoms with E-state index in [1.807, 2.05) is 36.4 Å². The smallest absolute Gasteiger partial charge is 0.343 e. The van der Waals surface area contributed by atoms with Crippen LogP contribution in [0.2, 0.25) is 10.0 Å². The minimum atomic E-state index is -0.619. The predicted molar refractivity (Wildman–Crippen MR) is 140 cm³/mol. The highest BCUT2D eigenvalue weighted by Crippen LogP contribution is 2.29. The Morgan fingerprint density at radius 3 is 2.47 bits per heavy atom. The molecule has 0 aliphatic rings. The van der Waals surface area contributed by atoms with Crippen LogP contribution >= 0.6 is 23.2 Å². The number of amides is 1. The third kappa shape index (κ3) is 6.33. The molecular weight excluding hydrogens is 503 g/mol. The van der Waals surface area contributed by atoms with E-state index in [0.717, 1.165) is 10.8 Å². The molecular formula is C27H20Cl2N2O5. The summed E-state index contributed by atoms with van der Waals surface area (Å²) in [6.07, 6.45) is 1.43. The Balaban J connectivity index is 1.33. The Morgan fingerprint density at radius 2 is 1.69 bits per heavy atom. The van der Waals surface area contributed by atoms with Crippen LogP contribution in [-0.2, 0) is 4.79 Å². The van der Waals surface area contributed by atoms with E-state index in [0.29, 0.717) is 22.1 Å². The summed E-state index contributed by atoms with van der Waals surface area (Å²) in [6, 6.07) is 22.7. The van der Waals surface area contributed by atoms with Crippen molar-refractivity contribution in [2.45, 2.75) is 0 Å². The van der Waals surface area contributed by atoms with Gasteiger partial charge in [0.2, 0.25) is 0 Å². The summed E-state index contributed by atoms with van der Waals surface area (Å²) in [5.41, 5.74) is 3.26. The van der Waals surface area contributed by atoms with Gasteiger partial charge in [-0.3, -0.25) is 4.79 Å². The van der Waals surface area contributed by atoms with Gasteiger partial charge in [-0.25, -0.2) is 10.2 Å². The van der Waals surface area contributed by atoms with Gasteiger partial charge in [0.05, 0.1) is 28.9 Å². The zero-order chi connectivity index (χ0) is 25.5. The fourth-order valence-corrected chi connectivity index (χ4v) is 3.55. The number of halogens is 2. The first-order valence-electron chi connectivity index (χ1n) is 10.7. The molecule has 0 aliphatic carbocycles. The van der Waals surface area contributed by atoms with Crippen molar-refractivity contribution < 1.29 is 23.8 Å². The minimum absolute atomic E-state index is 0.192. The quantitative estimate of drug-likeness (QED) is 0.135. The van der Waals surface area contributed by atoms with Crippen LogP contribution in [0.1, 0.15) is 15.9 Å². The number of hydrogen-bond acceptors (Lipinski definition) is 6. The highest BCUT2D eigenvalue weighted by Gasteiger charge is 2.14. The lowest BCUT2D eigenvalue weighted by atomic mass is 10.1. The van der Waals surface area contributed by atoms with Crippen LogP contribution in [0.4, 0.5) is 0 Å². The molecule has 4 rings (SSSR count). The summed E-state index contributed by atoms with van der Waals surface area (Å²) in [5, 5.41) is 6.63. The van der Waals surface area contributed by atoms with Gasteiger partial charge < -0.3 is 14.2 Å². The van der Waals surface area contributed by atoms with Crippen molar-refractivity contribution in [3.63, 3.8) is 0 Å². The van der Waals surface area contributed by atoms with Gasteiger partial charge in [0.15, 0.2) is 18.1 Å². The summed E-state index contributed by atoms with van der Waals surface area (Å²) in [4.78, 5) is 24.5. The van der Waals surface area contributed by atoms with Gasteiger partial charge in [0, 0.05) is 0 Å². The predicted octanol–water partition coefficient (Wildman–Crippen LogP) is 5.90. The van der Waals surface area contributed by atoms with Gasteiger partial charge in [-0.05, 0) is 64.9 Å². The second-order valence-corrected chi connectivity index (χ2v) is 8.33. The molecule has 4 aromatic rings. The number of methoxy groups -OCH3 is 1. The van der Waals surface area contributed by atoms with Crippen LogP contribution in [0.15, 0.2) is 84.0 Å². The highest BCUT2D eigenvalue weighted by molar-refractivity contribution is 6.42. The normalized spacial score (nSPS) is 10.9. The Labute approximate surface area is 217 Å². The molecule has 182 valence electrons. The van der Waals surface area contributed by atoms with Gasteiger partial charge in [-0.1, -0.05) is 53.5 Å². The maximum absolute atomic E-state index is 12.4. The maximum atomic E-state index is 12.4. The number of benzene rings is 4. The summed E-state index contributed by atoms with van der Waals surface area (Å²) < 4.78 is 16.3. The molecule has 0 atom stereocenters. The third-order valence-corrected chi connectivity index (χ3v) is 5.78. The van der Waals surface area contributed by atoms with Gasteiger partial charge in [-0.2, -0.15) is 5.10 Å². The van der Waals surface area contributed by atoms with Crippen molar-refractivity contribution in [1.29, 1.82) is 0 Å². The molecule has 9 heteroatoms. The molecule has 0 aromatic heterocycles. The number of hydrazone groups is 1. The van der Waals surface area contributed by atoms with Crippen LogP contribution < -0.4 is 19.6 Å². The van der Waals surface area contributed by atoms with Crippen LogP contribution in [0, 0.1) is 0 Å². The van der Waals surface area contributed by atoms with E-state index in [-0.39, 0.29) is 22.9 Å². The summed E-state index contributed by atoms with van der Waals surface area (Å²) in [6.45, 7) is -0.192. The molecule has 0 aliphatic heterocycles. The molecule has 0 bridgehead atoms. The molecule has 1 amide bonds. The first-order valence-corrected chi connectivity index (χ1v) is 11.5.